The lowest BCUT2D eigenvalue weighted by atomic mass is 9.85. The molecule has 2 fully saturated rings. The van der Waals surface area contributed by atoms with Crippen LogP contribution in [0.25, 0.3) is 11.4 Å². The zero-order valence-electron chi connectivity index (χ0n) is 12.7. The third kappa shape index (κ3) is 2.47. The molecule has 116 valence electrons. The fourth-order valence-electron chi connectivity index (χ4n) is 3.64. The molecular formula is C16H20N4O2. The van der Waals surface area contributed by atoms with Crippen LogP contribution in [-0.2, 0) is 0 Å². The zero-order chi connectivity index (χ0) is 14.9. The average molecular weight is 300 g/mol. The number of fused-ring (bicyclic) bond motifs is 1. The normalized spacial score (nSPS) is 27.6. The highest BCUT2D eigenvalue weighted by Gasteiger charge is 2.38. The van der Waals surface area contributed by atoms with Crippen molar-refractivity contribution in [2.45, 2.75) is 44.2 Å². The van der Waals surface area contributed by atoms with Gasteiger partial charge in [0.1, 0.15) is 0 Å². The Hall–Kier alpha value is -1.95. The first-order chi connectivity index (χ1) is 10.8. The summed E-state index contributed by atoms with van der Waals surface area (Å²) in [6.07, 6.45) is 8.07. The van der Waals surface area contributed by atoms with Crippen molar-refractivity contribution in [2.75, 3.05) is 7.11 Å². The Morgan fingerprint density at radius 3 is 2.95 bits per heavy atom. The maximum atomic E-state index is 5.48. The molecule has 1 saturated carbocycles. The van der Waals surface area contributed by atoms with Gasteiger partial charge in [-0.05, 0) is 31.2 Å². The summed E-state index contributed by atoms with van der Waals surface area (Å²) in [6, 6.07) is 4.51. The summed E-state index contributed by atoms with van der Waals surface area (Å²) in [5.41, 5.74) is 0.839. The van der Waals surface area contributed by atoms with Crippen molar-refractivity contribution in [3.8, 4) is 17.3 Å². The van der Waals surface area contributed by atoms with Gasteiger partial charge in [0.15, 0.2) is 0 Å². The molecule has 0 spiro atoms. The summed E-state index contributed by atoms with van der Waals surface area (Å²) in [4.78, 5) is 8.73. The van der Waals surface area contributed by atoms with Crippen molar-refractivity contribution in [1.29, 1.82) is 0 Å². The maximum Gasteiger partial charge on any atom is 0.244 e. The van der Waals surface area contributed by atoms with Crippen LogP contribution in [0.3, 0.4) is 0 Å². The minimum Gasteiger partial charge on any atom is -0.481 e. The van der Waals surface area contributed by atoms with E-state index in [0.29, 0.717) is 23.6 Å². The number of hydrogen-bond acceptors (Lipinski definition) is 6. The van der Waals surface area contributed by atoms with Gasteiger partial charge in [0, 0.05) is 23.9 Å². The van der Waals surface area contributed by atoms with E-state index < -0.39 is 0 Å². The molecule has 0 bridgehead atoms. The van der Waals surface area contributed by atoms with Crippen molar-refractivity contribution in [3.05, 3.63) is 24.2 Å². The molecule has 0 amide bonds. The molecule has 3 unspecified atom stereocenters. The van der Waals surface area contributed by atoms with Gasteiger partial charge in [0.2, 0.25) is 17.6 Å². The molecule has 1 saturated heterocycles. The first kappa shape index (κ1) is 13.7. The van der Waals surface area contributed by atoms with E-state index in [2.05, 4.69) is 20.4 Å². The average Bonchev–Trinajstić information content (AvgIpc) is 3.21. The first-order valence-corrected chi connectivity index (χ1v) is 7.93. The smallest absolute Gasteiger partial charge is 0.244 e. The Morgan fingerprint density at radius 1 is 1.27 bits per heavy atom. The van der Waals surface area contributed by atoms with E-state index in [1.807, 2.05) is 6.07 Å². The number of ether oxygens (including phenoxy) is 1. The maximum absolute atomic E-state index is 5.48. The molecule has 2 aromatic heterocycles. The molecule has 6 heteroatoms. The van der Waals surface area contributed by atoms with Gasteiger partial charge < -0.3 is 14.6 Å². The number of pyridine rings is 1. The molecule has 4 rings (SSSR count). The van der Waals surface area contributed by atoms with Gasteiger partial charge in [-0.3, -0.25) is 0 Å². The summed E-state index contributed by atoms with van der Waals surface area (Å²) in [6.45, 7) is 0. The highest BCUT2D eigenvalue weighted by molar-refractivity contribution is 5.53. The monoisotopic (exact) mass is 300 g/mol. The second-order valence-corrected chi connectivity index (χ2v) is 6.15. The van der Waals surface area contributed by atoms with Gasteiger partial charge in [0.25, 0.3) is 0 Å². The van der Waals surface area contributed by atoms with Gasteiger partial charge in [0.05, 0.1) is 13.2 Å². The standard InChI is InChI=1S/C16H20N4O2/c1-21-14-7-6-11(9-17-14)15-19-16(22-20-15)13-8-10-4-2-3-5-12(10)18-13/h6-7,9-10,12-13,18H,2-5,8H2,1H3. The molecule has 1 aliphatic heterocycles. The molecule has 2 aliphatic rings. The second-order valence-electron chi connectivity index (χ2n) is 6.15. The van der Waals surface area contributed by atoms with Crippen LogP contribution >= 0.6 is 0 Å². The fraction of sp³-hybridized carbons (Fsp3) is 0.562. The molecule has 3 heterocycles. The Balaban J connectivity index is 1.51. The number of methoxy groups -OCH3 is 1. The molecule has 0 aromatic carbocycles. The van der Waals surface area contributed by atoms with E-state index in [4.69, 9.17) is 9.26 Å². The van der Waals surface area contributed by atoms with Crippen LogP contribution in [0.15, 0.2) is 22.9 Å². The molecule has 6 nitrogen and oxygen atoms in total. The van der Waals surface area contributed by atoms with Crippen LogP contribution in [-0.4, -0.2) is 28.3 Å². The van der Waals surface area contributed by atoms with Crippen LogP contribution in [0.2, 0.25) is 0 Å². The Labute approximate surface area is 129 Å². The van der Waals surface area contributed by atoms with Crippen molar-refractivity contribution in [2.24, 2.45) is 5.92 Å². The van der Waals surface area contributed by atoms with Crippen LogP contribution < -0.4 is 10.1 Å². The lowest BCUT2D eigenvalue weighted by Crippen LogP contribution is -2.30. The van der Waals surface area contributed by atoms with Crippen molar-refractivity contribution < 1.29 is 9.26 Å². The minimum absolute atomic E-state index is 0.195. The molecular weight excluding hydrogens is 280 g/mol. The molecule has 3 atom stereocenters. The topological polar surface area (TPSA) is 73.1 Å². The lowest BCUT2D eigenvalue weighted by molar-refractivity contribution is 0.324. The lowest BCUT2D eigenvalue weighted by Gasteiger charge is -2.24. The third-order valence-corrected chi connectivity index (χ3v) is 4.81. The van der Waals surface area contributed by atoms with Crippen LogP contribution in [0, 0.1) is 5.92 Å². The molecule has 1 N–H and O–H groups in total. The summed E-state index contributed by atoms with van der Waals surface area (Å²) in [7, 11) is 1.60. The second kappa shape index (κ2) is 5.68. The highest BCUT2D eigenvalue weighted by Crippen LogP contribution is 2.38. The Kier molecular flexibility index (Phi) is 3.54. The molecule has 1 aliphatic carbocycles. The SMILES string of the molecule is COc1ccc(-c2noc(C3CC4CCCCC4N3)n2)cn1. The van der Waals surface area contributed by atoms with Gasteiger partial charge in [-0.1, -0.05) is 18.0 Å². The quantitative estimate of drug-likeness (QED) is 0.939. The van der Waals surface area contributed by atoms with Crippen molar-refractivity contribution in [1.82, 2.24) is 20.4 Å². The number of aromatic nitrogens is 3. The van der Waals surface area contributed by atoms with Gasteiger partial charge in [-0.2, -0.15) is 4.98 Å². The predicted molar refractivity (Wildman–Crippen MR) is 80.3 cm³/mol. The summed E-state index contributed by atoms with van der Waals surface area (Å²) in [5.74, 6) is 2.62. The summed E-state index contributed by atoms with van der Waals surface area (Å²) >= 11 is 0. The zero-order valence-corrected chi connectivity index (χ0v) is 12.7. The van der Waals surface area contributed by atoms with Crippen LogP contribution in [0.5, 0.6) is 5.88 Å². The van der Waals surface area contributed by atoms with E-state index in [1.165, 1.54) is 25.7 Å². The first-order valence-electron chi connectivity index (χ1n) is 7.93. The summed E-state index contributed by atoms with van der Waals surface area (Å²) < 4.78 is 10.5. The Morgan fingerprint density at radius 2 is 2.18 bits per heavy atom. The summed E-state index contributed by atoms with van der Waals surface area (Å²) in [5, 5.41) is 7.76. The van der Waals surface area contributed by atoms with Crippen LogP contribution in [0.1, 0.15) is 44.0 Å². The van der Waals surface area contributed by atoms with E-state index in [1.54, 1.807) is 19.4 Å². The predicted octanol–water partition coefficient (Wildman–Crippen LogP) is 2.73. The Bertz CT molecular complexity index is 626. The molecule has 0 radical (unpaired) electrons. The van der Waals surface area contributed by atoms with E-state index in [0.717, 1.165) is 17.9 Å². The largest absolute Gasteiger partial charge is 0.481 e. The minimum atomic E-state index is 0.195. The van der Waals surface area contributed by atoms with Crippen molar-refractivity contribution >= 4 is 0 Å². The number of nitrogens with zero attached hydrogens (tertiary/aromatic N) is 3. The van der Waals surface area contributed by atoms with Crippen LogP contribution in [0.4, 0.5) is 0 Å². The van der Waals surface area contributed by atoms with E-state index in [9.17, 15) is 0 Å². The van der Waals surface area contributed by atoms with Gasteiger partial charge in [-0.25, -0.2) is 4.98 Å². The molecule has 2 aromatic rings. The van der Waals surface area contributed by atoms with Gasteiger partial charge in [-0.15, -0.1) is 0 Å². The molecule has 22 heavy (non-hydrogen) atoms. The van der Waals surface area contributed by atoms with E-state index in [-0.39, 0.29) is 6.04 Å². The van der Waals surface area contributed by atoms with E-state index >= 15 is 0 Å². The number of rotatable bonds is 3. The fourth-order valence-corrected chi connectivity index (χ4v) is 3.64. The van der Waals surface area contributed by atoms with Gasteiger partial charge >= 0.3 is 0 Å². The number of hydrogen-bond donors (Lipinski definition) is 1. The third-order valence-electron chi connectivity index (χ3n) is 4.81. The number of nitrogens with one attached hydrogen (secondary N) is 1. The van der Waals surface area contributed by atoms with Crippen molar-refractivity contribution in [3.63, 3.8) is 0 Å². The highest BCUT2D eigenvalue weighted by atomic mass is 16.5.